The molecule has 0 spiro atoms. The molecule has 0 aliphatic carbocycles. The molecule has 2 nitrogen and oxygen atoms in total. The van der Waals surface area contributed by atoms with Crippen LogP contribution in [0.3, 0.4) is 0 Å². The van der Waals surface area contributed by atoms with Gasteiger partial charge in [-0.25, -0.2) is 0 Å². The van der Waals surface area contributed by atoms with Crippen molar-refractivity contribution in [2.45, 2.75) is 64.2 Å². The molecule has 2 atom stereocenters. The number of rotatable bonds is 10. The van der Waals surface area contributed by atoms with Crippen LogP contribution in [0.25, 0.3) is 0 Å². The molecule has 4 aromatic carbocycles. The largest absolute Gasteiger partial charge is 0.399 e. The average Bonchev–Trinajstić information content (AvgIpc) is 2.91. The van der Waals surface area contributed by atoms with Gasteiger partial charge in [0, 0.05) is 29.1 Å². The van der Waals surface area contributed by atoms with Crippen LogP contribution in [0.15, 0.2) is 97.1 Å². The van der Waals surface area contributed by atoms with Crippen molar-refractivity contribution < 1.29 is 0 Å². The van der Waals surface area contributed by atoms with Gasteiger partial charge in [-0.1, -0.05) is 106 Å². The standard InChI is InChI=1S/C34H40N2/c1-4-6-33(29-16-20-31(35)21-17-29)27-12-8-25(9-13-27)24(3)26-10-14-28(15-11-26)34(7-5-2)30-18-22-32(36)23-19-30/h8-24,33-34H,4-7,35-36H2,1-3H3. The molecule has 4 aromatic rings. The van der Waals surface area contributed by atoms with Crippen LogP contribution < -0.4 is 11.5 Å². The van der Waals surface area contributed by atoms with Crippen LogP contribution in [0.1, 0.15) is 97.6 Å². The van der Waals surface area contributed by atoms with E-state index in [1.165, 1.54) is 33.4 Å². The fraction of sp³-hybridized carbons (Fsp3) is 0.294. The van der Waals surface area contributed by atoms with Gasteiger partial charge in [0.05, 0.1) is 0 Å². The maximum absolute atomic E-state index is 5.92. The van der Waals surface area contributed by atoms with E-state index >= 15 is 0 Å². The van der Waals surface area contributed by atoms with Crippen molar-refractivity contribution in [1.29, 1.82) is 0 Å². The molecular formula is C34H40N2. The Morgan fingerprint density at radius 3 is 0.972 bits per heavy atom. The van der Waals surface area contributed by atoms with Crippen LogP contribution in [-0.2, 0) is 0 Å². The minimum Gasteiger partial charge on any atom is -0.399 e. The van der Waals surface area contributed by atoms with Crippen molar-refractivity contribution in [3.63, 3.8) is 0 Å². The predicted octanol–water partition coefficient (Wildman–Crippen LogP) is 8.87. The van der Waals surface area contributed by atoms with Gasteiger partial charge in [0.2, 0.25) is 0 Å². The normalized spacial score (nSPS) is 13.8. The molecular weight excluding hydrogens is 436 g/mol. The van der Waals surface area contributed by atoms with Crippen LogP contribution in [0.2, 0.25) is 0 Å². The van der Waals surface area contributed by atoms with Crippen LogP contribution >= 0.6 is 0 Å². The third kappa shape index (κ3) is 5.99. The fourth-order valence-corrected chi connectivity index (χ4v) is 5.31. The Hall–Kier alpha value is -3.52. The predicted molar refractivity (Wildman–Crippen MR) is 156 cm³/mol. The molecule has 0 radical (unpaired) electrons. The summed E-state index contributed by atoms with van der Waals surface area (Å²) >= 11 is 0. The highest BCUT2D eigenvalue weighted by atomic mass is 14.5. The highest BCUT2D eigenvalue weighted by molar-refractivity contribution is 5.45. The van der Waals surface area contributed by atoms with E-state index in [9.17, 15) is 0 Å². The Labute approximate surface area is 217 Å². The Balaban J connectivity index is 1.52. The van der Waals surface area contributed by atoms with Gasteiger partial charge >= 0.3 is 0 Å². The Kier molecular flexibility index (Phi) is 8.48. The van der Waals surface area contributed by atoms with Gasteiger partial charge in [0.15, 0.2) is 0 Å². The second kappa shape index (κ2) is 11.9. The SMILES string of the molecule is CCCC(c1ccc(N)cc1)c1ccc(C(C)c2ccc(C(CCC)c3ccc(N)cc3)cc2)cc1. The quantitative estimate of drug-likeness (QED) is 0.225. The smallest absolute Gasteiger partial charge is 0.0314 e. The lowest BCUT2D eigenvalue weighted by atomic mass is 9.84. The van der Waals surface area contributed by atoms with E-state index in [2.05, 4.69) is 93.6 Å². The Morgan fingerprint density at radius 2 is 0.694 bits per heavy atom. The second-order valence-corrected chi connectivity index (χ2v) is 10.1. The Bertz CT molecular complexity index is 1110. The van der Waals surface area contributed by atoms with E-state index in [1.54, 1.807) is 0 Å². The molecule has 0 aromatic heterocycles. The van der Waals surface area contributed by atoms with Gasteiger partial charge in [0.1, 0.15) is 0 Å². The van der Waals surface area contributed by atoms with Gasteiger partial charge in [-0.15, -0.1) is 0 Å². The molecule has 0 saturated carbocycles. The molecule has 0 heterocycles. The number of nitrogens with two attached hydrogens (primary N) is 2. The van der Waals surface area contributed by atoms with Crippen LogP contribution in [0.4, 0.5) is 11.4 Å². The minimum atomic E-state index is 0.343. The number of hydrogen-bond acceptors (Lipinski definition) is 2. The molecule has 0 fully saturated rings. The van der Waals surface area contributed by atoms with Gasteiger partial charge in [-0.2, -0.15) is 0 Å². The summed E-state index contributed by atoms with van der Waals surface area (Å²) in [5, 5.41) is 0. The van der Waals surface area contributed by atoms with Crippen molar-refractivity contribution in [2.24, 2.45) is 0 Å². The molecule has 4 N–H and O–H groups in total. The zero-order valence-corrected chi connectivity index (χ0v) is 22.0. The zero-order chi connectivity index (χ0) is 25.5. The molecule has 0 bridgehead atoms. The van der Waals surface area contributed by atoms with Crippen molar-refractivity contribution in [2.75, 3.05) is 11.5 Å². The number of anilines is 2. The first-order valence-electron chi connectivity index (χ1n) is 13.4. The third-order valence-corrected chi connectivity index (χ3v) is 7.51. The van der Waals surface area contributed by atoms with Gasteiger partial charge in [-0.05, 0) is 70.5 Å². The molecule has 36 heavy (non-hydrogen) atoms. The van der Waals surface area contributed by atoms with Crippen molar-refractivity contribution in [3.05, 3.63) is 130 Å². The van der Waals surface area contributed by atoms with Crippen LogP contribution in [0, 0.1) is 0 Å². The molecule has 4 rings (SSSR count). The third-order valence-electron chi connectivity index (χ3n) is 7.51. The van der Waals surface area contributed by atoms with Crippen LogP contribution in [-0.4, -0.2) is 0 Å². The molecule has 2 heteroatoms. The van der Waals surface area contributed by atoms with Gasteiger partial charge < -0.3 is 11.5 Å². The van der Waals surface area contributed by atoms with E-state index in [4.69, 9.17) is 11.5 Å². The Morgan fingerprint density at radius 1 is 0.444 bits per heavy atom. The highest BCUT2D eigenvalue weighted by Crippen LogP contribution is 2.34. The zero-order valence-electron chi connectivity index (χ0n) is 22.0. The molecule has 186 valence electrons. The maximum Gasteiger partial charge on any atom is 0.0314 e. The molecule has 2 unspecified atom stereocenters. The van der Waals surface area contributed by atoms with Crippen molar-refractivity contribution >= 4 is 11.4 Å². The summed E-state index contributed by atoms with van der Waals surface area (Å²) in [4.78, 5) is 0. The first-order chi connectivity index (χ1) is 17.5. The van der Waals surface area contributed by atoms with E-state index in [0.717, 1.165) is 37.1 Å². The second-order valence-electron chi connectivity index (χ2n) is 10.1. The first-order valence-corrected chi connectivity index (χ1v) is 13.4. The summed E-state index contributed by atoms with van der Waals surface area (Å²) in [7, 11) is 0. The van der Waals surface area contributed by atoms with Crippen LogP contribution in [0.5, 0.6) is 0 Å². The summed E-state index contributed by atoms with van der Waals surface area (Å²) in [5.74, 6) is 1.15. The van der Waals surface area contributed by atoms with Crippen molar-refractivity contribution in [3.8, 4) is 0 Å². The van der Waals surface area contributed by atoms with E-state index in [-0.39, 0.29) is 0 Å². The van der Waals surface area contributed by atoms with Gasteiger partial charge in [-0.3, -0.25) is 0 Å². The summed E-state index contributed by atoms with van der Waals surface area (Å²) in [5.41, 5.74) is 21.6. The average molecular weight is 477 g/mol. The number of hydrogen-bond donors (Lipinski definition) is 2. The van der Waals surface area contributed by atoms with E-state index < -0.39 is 0 Å². The summed E-state index contributed by atoms with van der Waals surface area (Å²) < 4.78 is 0. The lowest BCUT2D eigenvalue weighted by Gasteiger charge is -2.20. The fourth-order valence-electron chi connectivity index (χ4n) is 5.31. The minimum absolute atomic E-state index is 0.343. The van der Waals surface area contributed by atoms with Gasteiger partial charge in [0.25, 0.3) is 0 Å². The number of benzene rings is 4. The van der Waals surface area contributed by atoms with Crippen molar-refractivity contribution in [1.82, 2.24) is 0 Å². The maximum atomic E-state index is 5.92. The summed E-state index contributed by atoms with van der Waals surface area (Å²) in [6.07, 6.45) is 4.56. The topological polar surface area (TPSA) is 52.0 Å². The summed E-state index contributed by atoms with van der Waals surface area (Å²) in [6.45, 7) is 6.81. The first kappa shape index (κ1) is 25.6. The lowest BCUT2D eigenvalue weighted by molar-refractivity contribution is 0.697. The monoisotopic (exact) mass is 476 g/mol. The number of nitrogen functional groups attached to an aromatic ring is 2. The molecule has 0 aliphatic heterocycles. The molecule has 0 aliphatic rings. The lowest BCUT2D eigenvalue weighted by Crippen LogP contribution is -2.04. The summed E-state index contributed by atoms with van der Waals surface area (Å²) in [6, 6.07) is 35.2. The highest BCUT2D eigenvalue weighted by Gasteiger charge is 2.17. The van der Waals surface area contributed by atoms with E-state index in [1.807, 2.05) is 24.3 Å². The molecule has 0 saturated heterocycles. The van der Waals surface area contributed by atoms with E-state index in [0.29, 0.717) is 17.8 Å². The molecule has 0 amide bonds.